The minimum absolute atomic E-state index is 0.0162. The van der Waals surface area contributed by atoms with Gasteiger partial charge in [-0.05, 0) is 61.1 Å². The lowest BCUT2D eigenvalue weighted by Gasteiger charge is -2.35. The van der Waals surface area contributed by atoms with Gasteiger partial charge in [0.1, 0.15) is 30.8 Å². The highest BCUT2D eigenvalue weighted by Crippen LogP contribution is 2.34. The number of hydrogen-bond donors (Lipinski definition) is 4. The number of hydrogen-bond acceptors (Lipinski definition) is 10. The zero-order valence-electron chi connectivity index (χ0n) is 32.4. The SMILES string of the molecule is CC(C)(c1ccc(OCC(O)C[N+](C)(C)N=C([O-])C2CCCCC2C(=O)O)cc1)c1ccc(OCC(O)[N+](C)(C)N=C([O-])C2CCCCC2C(=O)O)cc1. The van der Waals surface area contributed by atoms with Crippen LogP contribution in [0.5, 0.6) is 11.5 Å². The van der Waals surface area contributed by atoms with E-state index in [2.05, 4.69) is 24.1 Å². The smallest absolute Gasteiger partial charge is 0.307 e. The van der Waals surface area contributed by atoms with Gasteiger partial charge >= 0.3 is 11.9 Å². The lowest BCUT2D eigenvalue weighted by molar-refractivity contribution is -0.944. The number of rotatable bonds is 17. The van der Waals surface area contributed by atoms with Crippen LogP contribution in [0, 0.1) is 23.7 Å². The summed E-state index contributed by atoms with van der Waals surface area (Å²) >= 11 is 0. The van der Waals surface area contributed by atoms with Crippen molar-refractivity contribution in [3.05, 3.63) is 59.7 Å². The van der Waals surface area contributed by atoms with Gasteiger partial charge in [-0.1, -0.05) is 63.8 Å². The maximum Gasteiger partial charge on any atom is 0.307 e. The summed E-state index contributed by atoms with van der Waals surface area (Å²) in [6.45, 7) is 4.14. The van der Waals surface area contributed by atoms with Gasteiger partial charge in [0.2, 0.25) is 6.23 Å². The molecule has 6 atom stereocenters. The predicted octanol–water partition coefficient (Wildman–Crippen LogP) is 2.73. The van der Waals surface area contributed by atoms with Crippen molar-refractivity contribution in [1.82, 2.24) is 0 Å². The zero-order valence-corrected chi connectivity index (χ0v) is 32.4. The van der Waals surface area contributed by atoms with Crippen molar-refractivity contribution in [2.75, 3.05) is 47.9 Å². The van der Waals surface area contributed by atoms with Crippen LogP contribution < -0.4 is 19.7 Å². The van der Waals surface area contributed by atoms with Crippen molar-refractivity contribution < 1.29 is 58.9 Å². The van der Waals surface area contributed by atoms with Crippen molar-refractivity contribution in [2.24, 2.45) is 33.9 Å². The van der Waals surface area contributed by atoms with Crippen LogP contribution >= 0.6 is 0 Å². The molecule has 0 aromatic heterocycles. The molecule has 0 radical (unpaired) electrons. The summed E-state index contributed by atoms with van der Waals surface area (Å²) in [6.07, 6.45) is 2.93. The molecule has 2 fully saturated rings. The number of carbonyl (C=O) groups is 2. The summed E-state index contributed by atoms with van der Waals surface area (Å²) in [5.74, 6) is -4.63. The fourth-order valence-corrected chi connectivity index (χ4v) is 7.44. The normalized spacial score (nSPS) is 23.0. The van der Waals surface area contributed by atoms with E-state index >= 15 is 0 Å². The first-order valence-corrected chi connectivity index (χ1v) is 18.8. The third kappa shape index (κ3) is 11.2. The Morgan fingerprint density at radius 2 is 1.09 bits per heavy atom. The van der Waals surface area contributed by atoms with Crippen molar-refractivity contribution in [3.8, 4) is 11.5 Å². The van der Waals surface area contributed by atoms with E-state index in [0.29, 0.717) is 37.2 Å². The number of nitrogens with zero attached hydrogens (tertiary/aromatic N) is 4. The quantitative estimate of drug-likeness (QED) is 0.0611. The second-order valence-corrected chi connectivity index (χ2v) is 16.3. The summed E-state index contributed by atoms with van der Waals surface area (Å²) in [5.41, 5.74) is 1.64. The van der Waals surface area contributed by atoms with Gasteiger partial charge in [-0.25, -0.2) is 4.59 Å². The number of carboxylic acids is 2. The molecule has 14 heteroatoms. The molecule has 6 unspecified atom stereocenters. The van der Waals surface area contributed by atoms with Crippen molar-refractivity contribution in [2.45, 2.75) is 83.0 Å². The number of aliphatic hydroxyl groups excluding tert-OH is 2. The summed E-state index contributed by atoms with van der Waals surface area (Å²) in [7, 11) is 6.54. The monoisotopic (exact) mass is 754 g/mol. The molecule has 0 aliphatic heterocycles. The van der Waals surface area contributed by atoms with Crippen molar-refractivity contribution >= 4 is 23.7 Å². The van der Waals surface area contributed by atoms with Crippen molar-refractivity contribution in [1.29, 1.82) is 0 Å². The Labute approximate surface area is 318 Å². The third-order valence-electron chi connectivity index (χ3n) is 10.9. The first-order chi connectivity index (χ1) is 25.3. The number of aliphatic hydroxyl groups is 2. The average Bonchev–Trinajstić information content (AvgIpc) is 3.12. The van der Waals surface area contributed by atoms with E-state index < -0.39 is 69.7 Å². The van der Waals surface area contributed by atoms with E-state index in [9.17, 15) is 40.2 Å². The molecule has 0 heterocycles. The molecular weight excluding hydrogens is 696 g/mol. The molecule has 54 heavy (non-hydrogen) atoms. The largest absolute Gasteiger partial charge is 0.858 e. The molecule has 2 aromatic carbocycles. The predicted molar refractivity (Wildman–Crippen MR) is 198 cm³/mol. The zero-order chi connectivity index (χ0) is 39.8. The van der Waals surface area contributed by atoms with Crippen LogP contribution in [0.2, 0.25) is 0 Å². The fraction of sp³-hybridized carbons (Fsp3) is 0.600. The van der Waals surface area contributed by atoms with Gasteiger partial charge in [0, 0.05) is 29.0 Å². The molecule has 2 aliphatic rings. The number of quaternary nitrogens is 2. The number of likely N-dealkylation sites (N-methyl/N-ethyl adjacent to an activating group) is 2. The third-order valence-corrected chi connectivity index (χ3v) is 10.9. The summed E-state index contributed by atoms with van der Waals surface area (Å²) in [6, 6.07) is 15.1. The average molecular weight is 755 g/mol. The van der Waals surface area contributed by atoms with E-state index in [1.165, 1.54) is 0 Å². The Kier molecular flexibility index (Phi) is 14.1. The van der Waals surface area contributed by atoms with Crippen molar-refractivity contribution in [3.63, 3.8) is 0 Å². The minimum atomic E-state index is -1.16. The molecule has 0 saturated heterocycles. The highest BCUT2D eigenvalue weighted by atomic mass is 16.5. The van der Waals surface area contributed by atoms with Gasteiger partial charge in [0.05, 0.1) is 40.0 Å². The molecule has 2 aliphatic carbocycles. The van der Waals surface area contributed by atoms with Crippen LogP contribution in [0.4, 0.5) is 0 Å². The molecule has 4 rings (SSSR count). The topological polar surface area (TPSA) is 204 Å². The first-order valence-electron chi connectivity index (χ1n) is 18.8. The Balaban J connectivity index is 1.29. The first kappa shape index (κ1) is 42.5. The maximum absolute atomic E-state index is 12.9. The van der Waals surface area contributed by atoms with Crippen LogP contribution in [0.15, 0.2) is 58.7 Å². The summed E-state index contributed by atoms with van der Waals surface area (Å²) < 4.78 is 11.2. The highest BCUT2D eigenvalue weighted by molar-refractivity contribution is 5.82. The minimum Gasteiger partial charge on any atom is -0.858 e. The Morgan fingerprint density at radius 3 is 1.52 bits per heavy atom. The van der Waals surface area contributed by atoms with E-state index in [-0.39, 0.29) is 24.4 Å². The van der Waals surface area contributed by atoms with Crippen LogP contribution in [-0.4, -0.2) is 114 Å². The second-order valence-electron chi connectivity index (χ2n) is 16.3. The van der Waals surface area contributed by atoms with E-state index in [1.54, 1.807) is 28.2 Å². The Hall–Kier alpha value is -4.24. The Bertz CT molecular complexity index is 1620. The molecule has 298 valence electrons. The maximum atomic E-state index is 12.9. The molecule has 0 amide bonds. The van der Waals surface area contributed by atoms with Gasteiger partial charge < -0.3 is 40.1 Å². The fourth-order valence-electron chi connectivity index (χ4n) is 7.44. The standard InChI is InChI=1S/C40H58N4O10/c1-40(2,27-17-21-30(22-18-27)54-25-35(46)44(5,6)42-37(48)32-12-8-10-14-34(32)39(51)52)26-15-19-29(20-16-26)53-24-28(45)23-43(3,4)41-36(47)31-11-7-9-13-33(31)38(49)50/h15-22,28,31-35,45-46H,7-14,23-25H2,1-6H3,(H2-2,41,42,47,48,49,50,51,52). The molecule has 14 nitrogen and oxygen atoms in total. The van der Waals surface area contributed by atoms with Crippen LogP contribution in [0.3, 0.4) is 0 Å². The second kappa shape index (κ2) is 17.9. The molecule has 0 spiro atoms. The van der Waals surface area contributed by atoms with Crippen LogP contribution in [0.1, 0.15) is 76.3 Å². The molecule has 2 aromatic rings. The van der Waals surface area contributed by atoms with Gasteiger partial charge in [-0.3, -0.25) is 9.59 Å². The van der Waals surface area contributed by atoms with Gasteiger partial charge in [-0.2, -0.15) is 4.59 Å². The number of aliphatic carboxylic acids is 2. The van der Waals surface area contributed by atoms with Crippen LogP contribution in [0.25, 0.3) is 0 Å². The van der Waals surface area contributed by atoms with Gasteiger partial charge in [0.15, 0.2) is 6.61 Å². The number of benzene rings is 2. The summed E-state index contributed by atoms with van der Waals surface area (Å²) in [5, 5.41) is 74.9. The van der Waals surface area contributed by atoms with Gasteiger partial charge in [0.25, 0.3) is 0 Å². The lowest BCUT2D eigenvalue weighted by Crippen LogP contribution is -2.50. The molecular formula is C40H58N4O10. The number of ether oxygens (including phenoxy) is 2. The van der Waals surface area contributed by atoms with E-state index in [4.69, 9.17) is 9.47 Å². The highest BCUT2D eigenvalue weighted by Gasteiger charge is 2.35. The van der Waals surface area contributed by atoms with E-state index in [0.717, 1.165) is 36.8 Å². The van der Waals surface area contributed by atoms with E-state index in [1.807, 2.05) is 48.5 Å². The molecule has 2 saturated carbocycles. The van der Waals surface area contributed by atoms with Crippen LogP contribution in [-0.2, 0) is 15.0 Å². The Morgan fingerprint density at radius 1 is 0.704 bits per heavy atom. The molecule has 4 N–H and O–H groups in total. The number of carboxylic acid groups (broad SMARTS) is 2. The molecule has 0 bridgehead atoms. The lowest BCUT2D eigenvalue weighted by atomic mass is 9.78. The van der Waals surface area contributed by atoms with Gasteiger partial charge in [-0.15, -0.1) is 10.2 Å². The summed E-state index contributed by atoms with van der Waals surface area (Å²) in [4.78, 5) is 23.3.